The van der Waals surface area contributed by atoms with E-state index in [4.69, 9.17) is 26.8 Å². The van der Waals surface area contributed by atoms with Gasteiger partial charge in [0.2, 0.25) is 5.95 Å². The molecule has 0 bridgehead atoms. The highest BCUT2D eigenvalue weighted by Gasteiger charge is 2.53. The summed E-state index contributed by atoms with van der Waals surface area (Å²) in [6, 6.07) is -0.0391. The molecule has 0 radical (unpaired) electrons. The van der Waals surface area contributed by atoms with Crippen molar-refractivity contribution < 1.29 is 14.6 Å². The first-order valence-electron chi connectivity index (χ1n) is 7.02. The number of ether oxygens (including phenoxy) is 2. The number of nitrogen functional groups attached to an aromatic ring is 1. The van der Waals surface area contributed by atoms with Crippen molar-refractivity contribution in [3.8, 4) is 0 Å². The van der Waals surface area contributed by atoms with Crippen molar-refractivity contribution in [1.82, 2.24) is 9.97 Å². The zero-order valence-electron chi connectivity index (χ0n) is 12.2. The first-order valence-corrected chi connectivity index (χ1v) is 8.48. The van der Waals surface area contributed by atoms with E-state index >= 15 is 0 Å². The maximum Gasteiger partial charge on any atom is 0.223 e. The third kappa shape index (κ3) is 2.99. The average Bonchev–Trinajstić information content (AvgIpc) is 2.89. The van der Waals surface area contributed by atoms with Crippen LogP contribution in [-0.2, 0) is 9.47 Å². The van der Waals surface area contributed by atoms with Crippen molar-refractivity contribution in [3.63, 3.8) is 0 Å². The first kappa shape index (κ1) is 16.4. The van der Waals surface area contributed by atoms with Crippen LogP contribution in [0.3, 0.4) is 0 Å². The molecular formula is C13H18ClIN4O3. The Labute approximate surface area is 147 Å². The Morgan fingerprint density at radius 3 is 2.77 bits per heavy atom. The number of hydrogen-bond acceptors (Lipinski definition) is 7. The predicted octanol–water partition coefficient (Wildman–Crippen LogP) is 1.63. The van der Waals surface area contributed by atoms with E-state index in [-0.39, 0.29) is 36.7 Å². The van der Waals surface area contributed by atoms with Crippen molar-refractivity contribution >= 4 is 46.0 Å². The van der Waals surface area contributed by atoms with Crippen molar-refractivity contribution in [2.75, 3.05) is 17.7 Å². The summed E-state index contributed by atoms with van der Waals surface area (Å²) in [4.78, 5) is 8.12. The molecule has 122 valence electrons. The molecule has 2 heterocycles. The number of aliphatic hydroxyl groups excluding tert-OH is 1. The van der Waals surface area contributed by atoms with Gasteiger partial charge in [-0.3, -0.25) is 0 Å². The van der Waals surface area contributed by atoms with Gasteiger partial charge in [0.15, 0.2) is 5.79 Å². The molecule has 1 saturated carbocycles. The highest BCUT2D eigenvalue weighted by molar-refractivity contribution is 14.1. The molecule has 2 fully saturated rings. The maximum atomic E-state index is 9.58. The third-order valence-corrected chi connectivity index (χ3v) is 5.58. The molecule has 22 heavy (non-hydrogen) atoms. The van der Waals surface area contributed by atoms with E-state index in [0.717, 1.165) is 6.42 Å². The van der Waals surface area contributed by atoms with Gasteiger partial charge in [0.1, 0.15) is 17.1 Å². The molecule has 1 aliphatic heterocycles. The number of halogens is 2. The molecule has 0 unspecified atom stereocenters. The Morgan fingerprint density at radius 1 is 1.41 bits per heavy atom. The third-order valence-electron chi connectivity index (χ3n) is 3.97. The monoisotopic (exact) mass is 440 g/mol. The van der Waals surface area contributed by atoms with Gasteiger partial charge in [-0.05, 0) is 42.9 Å². The molecule has 0 spiro atoms. The van der Waals surface area contributed by atoms with E-state index in [0.29, 0.717) is 14.5 Å². The molecule has 1 saturated heterocycles. The predicted molar refractivity (Wildman–Crippen MR) is 90.6 cm³/mol. The lowest BCUT2D eigenvalue weighted by atomic mass is 10.1. The second-order valence-electron chi connectivity index (χ2n) is 6.03. The lowest BCUT2D eigenvalue weighted by molar-refractivity contribution is -0.158. The van der Waals surface area contributed by atoms with Gasteiger partial charge < -0.3 is 25.6 Å². The fourth-order valence-electron chi connectivity index (χ4n) is 3.11. The fourth-order valence-corrected chi connectivity index (χ4v) is 3.69. The minimum Gasteiger partial charge on any atom is -0.396 e. The summed E-state index contributed by atoms with van der Waals surface area (Å²) in [6.45, 7) is 3.81. The molecule has 0 aromatic carbocycles. The van der Waals surface area contributed by atoms with Crippen LogP contribution in [-0.4, -0.2) is 45.7 Å². The fraction of sp³-hybridized carbons (Fsp3) is 0.692. The summed E-state index contributed by atoms with van der Waals surface area (Å²) in [5, 5.41) is 13.2. The number of aliphatic hydroxyl groups is 1. The number of hydrogen-bond donors (Lipinski definition) is 3. The number of nitrogens with zero attached hydrogens (tertiary/aromatic N) is 2. The second-order valence-corrected chi connectivity index (χ2v) is 7.47. The summed E-state index contributed by atoms with van der Waals surface area (Å²) in [5.41, 5.74) is 5.66. The van der Waals surface area contributed by atoms with Gasteiger partial charge in [0.05, 0.1) is 15.7 Å². The van der Waals surface area contributed by atoms with Gasteiger partial charge in [-0.25, -0.2) is 4.98 Å². The molecular weight excluding hydrogens is 423 g/mol. The summed E-state index contributed by atoms with van der Waals surface area (Å²) in [5.74, 6) is 0.0638. The quantitative estimate of drug-likeness (QED) is 0.485. The van der Waals surface area contributed by atoms with E-state index in [2.05, 4.69) is 37.9 Å². The molecule has 7 nitrogen and oxygen atoms in total. The zero-order chi connectivity index (χ0) is 16.1. The van der Waals surface area contributed by atoms with Gasteiger partial charge in [0.25, 0.3) is 0 Å². The maximum absolute atomic E-state index is 9.58. The van der Waals surface area contributed by atoms with Crippen LogP contribution in [0, 0.1) is 9.49 Å². The number of nitrogens with two attached hydrogens (primary N) is 1. The molecule has 1 aliphatic carbocycles. The molecule has 3 rings (SSSR count). The van der Waals surface area contributed by atoms with Crippen LogP contribution < -0.4 is 11.1 Å². The van der Waals surface area contributed by atoms with Crippen molar-refractivity contribution in [2.45, 2.75) is 44.3 Å². The lowest BCUT2D eigenvalue weighted by Gasteiger charge is -2.24. The molecule has 9 heteroatoms. The summed E-state index contributed by atoms with van der Waals surface area (Å²) in [6.07, 6.45) is 0.433. The number of anilines is 2. The molecule has 4 N–H and O–H groups in total. The Kier molecular flexibility index (Phi) is 4.41. The van der Waals surface area contributed by atoms with Gasteiger partial charge in [-0.15, -0.1) is 0 Å². The van der Waals surface area contributed by atoms with Crippen LogP contribution in [0.2, 0.25) is 5.15 Å². The number of fused-ring (bicyclic) bond motifs is 1. The SMILES string of the molecule is CC1(C)O[C@@H]2[C@@H](CO)C[C@@H](Nc3nc(N)nc(Cl)c3I)[C@@H]2O1. The van der Waals surface area contributed by atoms with Crippen molar-refractivity contribution in [1.29, 1.82) is 0 Å². The Bertz CT molecular complexity index is 589. The van der Waals surface area contributed by atoms with E-state index in [1.54, 1.807) is 0 Å². The normalized spacial score (nSPS) is 33.0. The summed E-state index contributed by atoms with van der Waals surface area (Å²) in [7, 11) is 0. The zero-order valence-corrected chi connectivity index (χ0v) is 15.1. The largest absolute Gasteiger partial charge is 0.396 e. The number of nitrogens with one attached hydrogen (secondary N) is 1. The van der Waals surface area contributed by atoms with Crippen LogP contribution in [0.15, 0.2) is 0 Å². The van der Waals surface area contributed by atoms with Crippen LogP contribution in [0.4, 0.5) is 11.8 Å². The first-order chi connectivity index (χ1) is 10.3. The minimum atomic E-state index is -0.654. The van der Waals surface area contributed by atoms with Gasteiger partial charge in [-0.1, -0.05) is 11.6 Å². The minimum absolute atomic E-state index is 0.0246. The molecule has 0 amide bonds. The Hall–Kier alpha value is -0.420. The molecule has 1 aromatic heterocycles. The summed E-state index contributed by atoms with van der Waals surface area (Å²) < 4.78 is 12.6. The van der Waals surface area contributed by atoms with Gasteiger partial charge >= 0.3 is 0 Å². The van der Waals surface area contributed by atoms with Crippen LogP contribution in [0.25, 0.3) is 0 Å². The Balaban J connectivity index is 1.84. The van der Waals surface area contributed by atoms with Crippen molar-refractivity contribution in [2.24, 2.45) is 5.92 Å². The Morgan fingerprint density at radius 2 is 2.09 bits per heavy atom. The second kappa shape index (κ2) is 5.90. The molecule has 1 aromatic rings. The van der Waals surface area contributed by atoms with Gasteiger partial charge in [0, 0.05) is 12.5 Å². The number of rotatable bonds is 3. The standard InChI is InChI=1S/C13H18ClIN4O3/c1-13(2)21-8-5(4-20)3-6(9(8)22-13)17-11-7(15)10(14)18-12(16)19-11/h5-6,8-9,20H,3-4H2,1-2H3,(H3,16,17,18,19)/t5-,6-,8-,9+/m1/s1. The van der Waals surface area contributed by atoms with E-state index < -0.39 is 5.79 Å². The van der Waals surface area contributed by atoms with Gasteiger partial charge in [-0.2, -0.15) is 4.98 Å². The van der Waals surface area contributed by atoms with E-state index in [1.165, 1.54) is 0 Å². The topological polar surface area (TPSA) is 103 Å². The molecule has 4 atom stereocenters. The van der Waals surface area contributed by atoms with Crippen molar-refractivity contribution in [3.05, 3.63) is 8.72 Å². The van der Waals surface area contributed by atoms with E-state index in [9.17, 15) is 5.11 Å². The summed E-state index contributed by atoms with van der Waals surface area (Å²) >= 11 is 8.12. The number of aromatic nitrogens is 2. The average molecular weight is 441 g/mol. The highest BCUT2D eigenvalue weighted by Crippen LogP contribution is 2.42. The molecule has 2 aliphatic rings. The lowest BCUT2D eigenvalue weighted by Crippen LogP contribution is -2.35. The highest BCUT2D eigenvalue weighted by atomic mass is 127. The van der Waals surface area contributed by atoms with E-state index in [1.807, 2.05) is 13.8 Å². The van der Waals surface area contributed by atoms with Crippen LogP contribution >= 0.6 is 34.2 Å². The van der Waals surface area contributed by atoms with Crippen LogP contribution in [0.5, 0.6) is 0 Å². The van der Waals surface area contributed by atoms with Crippen LogP contribution in [0.1, 0.15) is 20.3 Å². The smallest absolute Gasteiger partial charge is 0.223 e.